The standard InChI is InChI=1S/C7H12O.5CO.Cr/c1-4-7(2)5-6-8-3;5*1-2;/h4,7H,1,5H2,2-3H3;;;;;;. The van der Waals surface area contributed by atoms with Gasteiger partial charge in [-0.2, -0.15) is 0 Å². The molecule has 0 heterocycles. The summed E-state index contributed by atoms with van der Waals surface area (Å²) in [6.07, 6.45) is 2.84. The van der Waals surface area contributed by atoms with Crippen LogP contribution < -0.4 is 0 Å². The van der Waals surface area contributed by atoms with Crippen molar-refractivity contribution in [3.63, 3.8) is 0 Å². The van der Waals surface area contributed by atoms with Crippen LogP contribution in [0.2, 0.25) is 0 Å². The maximum atomic E-state index is 7.50. The van der Waals surface area contributed by atoms with Crippen LogP contribution in [0, 0.1) is 39.2 Å². The van der Waals surface area contributed by atoms with E-state index in [1.807, 2.05) is 6.08 Å². The Hall–Kier alpha value is -1.20. The first-order valence-electron chi connectivity index (χ1n) is 3.92. The van der Waals surface area contributed by atoms with Gasteiger partial charge in [-0.25, -0.2) is 0 Å². The average Bonchev–Trinajstić information content (AvgIpc) is 2.56. The van der Waals surface area contributed by atoms with E-state index >= 15 is 0 Å². The fourth-order valence-corrected chi connectivity index (χ4v) is 0.840. The first kappa shape index (κ1) is 36.1. The Kier molecular flexibility index (Phi) is 131. The molecule has 0 aromatic carbocycles. The Morgan fingerprint density at radius 1 is 1.05 bits per heavy atom. The summed E-state index contributed by atoms with van der Waals surface area (Å²) in [5.74, 6) is 0.501. The molecular weight excluding hydrogens is 292 g/mol. The molecule has 19 heavy (non-hydrogen) atoms. The Morgan fingerprint density at radius 3 is 1.47 bits per heavy atom. The fraction of sp³-hybridized carbons (Fsp3) is 0.333. The van der Waals surface area contributed by atoms with Crippen molar-refractivity contribution < 1.29 is 43.8 Å². The van der Waals surface area contributed by atoms with Gasteiger partial charge >= 0.3 is 121 Å². The molecule has 0 bridgehead atoms. The van der Waals surface area contributed by atoms with Crippen molar-refractivity contribution in [1.82, 2.24) is 0 Å². The van der Waals surface area contributed by atoms with Crippen molar-refractivity contribution in [1.29, 1.82) is 0 Å². The summed E-state index contributed by atoms with van der Waals surface area (Å²) in [5.41, 5.74) is 0. The van der Waals surface area contributed by atoms with Crippen molar-refractivity contribution in [3.8, 4) is 0 Å². The molecule has 0 aromatic rings. The van der Waals surface area contributed by atoms with Crippen LogP contribution in [-0.4, -0.2) is 11.7 Å². The zero-order valence-corrected chi connectivity index (χ0v) is 11.7. The van der Waals surface area contributed by atoms with E-state index in [9.17, 15) is 0 Å². The molecule has 0 rings (SSSR count). The summed E-state index contributed by atoms with van der Waals surface area (Å²) < 4.78 is 43.4. The molecule has 102 valence electrons. The van der Waals surface area contributed by atoms with Gasteiger partial charge in [-0.1, -0.05) is 0 Å². The molecule has 0 fully saturated rings. The van der Waals surface area contributed by atoms with Crippen molar-refractivity contribution in [2.24, 2.45) is 5.92 Å². The van der Waals surface area contributed by atoms with Crippen LogP contribution in [0.15, 0.2) is 12.7 Å². The summed E-state index contributed by atoms with van der Waals surface area (Å²) in [5, 5.41) is 0. The van der Waals surface area contributed by atoms with Crippen LogP contribution >= 0.6 is 0 Å². The summed E-state index contributed by atoms with van der Waals surface area (Å²) in [4.78, 5) is 0. The van der Waals surface area contributed by atoms with Gasteiger partial charge in [-0.15, -0.1) is 0 Å². The van der Waals surface area contributed by atoms with Gasteiger partial charge in [0.05, 0.1) is 0 Å². The molecule has 6 nitrogen and oxygen atoms in total. The molecule has 0 aromatic heterocycles. The number of methoxy groups -OCH3 is 1. The van der Waals surface area contributed by atoms with Gasteiger partial charge in [0.2, 0.25) is 0 Å². The molecule has 7 heteroatoms. The molecule has 1 atom stereocenters. The molecule has 0 aliphatic carbocycles. The monoisotopic (exact) mass is 304 g/mol. The van der Waals surface area contributed by atoms with Crippen molar-refractivity contribution in [2.75, 3.05) is 7.11 Å². The van der Waals surface area contributed by atoms with Crippen LogP contribution in [0.3, 0.4) is 0 Å². The van der Waals surface area contributed by atoms with E-state index in [-0.39, 0.29) is 0 Å². The third kappa shape index (κ3) is 79.6. The van der Waals surface area contributed by atoms with Crippen LogP contribution in [0.25, 0.3) is 0 Å². The van der Waals surface area contributed by atoms with Gasteiger partial charge in [0, 0.05) is 0 Å². The van der Waals surface area contributed by atoms with Crippen molar-refractivity contribution in [2.45, 2.75) is 13.3 Å². The Morgan fingerprint density at radius 2 is 1.32 bits per heavy atom. The molecular formula is C12H12CrO6. The minimum atomic E-state index is 0.501. The SMILES string of the molecule is C=CC(C)C[C](=[Cr])OC.[C-]#[O+].[C-]#[O+].[C-]#[O+].[C-]#[O+].[C-]#[O+]. The van der Waals surface area contributed by atoms with Gasteiger partial charge in [0.15, 0.2) is 0 Å². The number of hydrogen-bond donors (Lipinski definition) is 0. The van der Waals surface area contributed by atoms with E-state index in [1.165, 1.54) is 0 Å². The Bertz CT molecular complexity index is 239. The maximum absolute atomic E-state index is 7.50. The Labute approximate surface area is 121 Å². The second-order valence-electron chi connectivity index (χ2n) is 1.99. The molecule has 0 amide bonds. The van der Waals surface area contributed by atoms with Gasteiger partial charge in [0.1, 0.15) is 0 Å². The summed E-state index contributed by atoms with van der Waals surface area (Å²) in [6, 6.07) is 0. The first-order chi connectivity index (χ1) is 9.20. The summed E-state index contributed by atoms with van der Waals surface area (Å²) >= 11 is 2.84. The molecule has 0 spiro atoms. The van der Waals surface area contributed by atoms with E-state index in [1.54, 1.807) is 7.11 Å². The topological polar surface area (TPSA) is 109 Å². The average molecular weight is 304 g/mol. The van der Waals surface area contributed by atoms with Crippen molar-refractivity contribution in [3.05, 3.63) is 45.9 Å². The van der Waals surface area contributed by atoms with E-state index in [0.29, 0.717) is 5.92 Å². The van der Waals surface area contributed by atoms with Crippen LogP contribution in [-0.2, 0) is 43.8 Å². The van der Waals surface area contributed by atoms with Crippen molar-refractivity contribution >= 4 is 4.57 Å². The molecule has 0 radical (unpaired) electrons. The van der Waals surface area contributed by atoms with E-state index in [0.717, 1.165) is 11.0 Å². The third-order valence-electron chi connectivity index (χ3n) is 1.12. The van der Waals surface area contributed by atoms with E-state index < -0.39 is 0 Å². The van der Waals surface area contributed by atoms with Gasteiger partial charge < -0.3 is 0 Å². The molecule has 0 aliphatic rings. The fourth-order valence-electron chi connectivity index (χ4n) is 0.430. The normalized spacial score (nSPS) is 6.53. The second-order valence-corrected chi connectivity index (χ2v) is 2.70. The number of ether oxygens (including phenoxy) is 1. The molecule has 0 N–H and O–H groups in total. The number of allylic oxidation sites excluding steroid dienone is 1. The van der Waals surface area contributed by atoms with Gasteiger partial charge in [-0.3, -0.25) is 0 Å². The molecule has 0 saturated heterocycles. The number of rotatable bonds is 4. The van der Waals surface area contributed by atoms with E-state index in [2.05, 4.69) is 62.6 Å². The van der Waals surface area contributed by atoms with Crippen LogP contribution in [0.5, 0.6) is 0 Å². The minimum absolute atomic E-state index is 0.501. The zero-order chi connectivity index (χ0) is 17.3. The van der Waals surface area contributed by atoms with Gasteiger partial charge in [0.25, 0.3) is 0 Å². The summed E-state index contributed by atoms with van der Waals surface area (Å²) in [6.45, 7) is 28.3. The van der Waals surface area contributed by atoms with Gasteiger partial charge in [-0.05, 0) is 0 Å². The number of hydrogen-bond acceptors (Lipinski definition) is 1. The second kappa shape index (κ2) is 68.9. The molecule has 1 unspecified atom stereocenters. The van der Waals surface area contributed by atoms with Crippen LogP contribution in [0.4, 0.5) is 0 Å². The predicted octanol–water partition coefficient (Wildman–Crippen LogP) is 1.33. The quantitative estimate of drug-likeness (QED) is 0.436. The first-order valence-corrected chi connectivity index (χ1v) is 4.56. The molecule has 0 saturated carbocycles. The third-order valence-corrected chi connectivity index (χ3v) is 1.64. The van der Waals surface area contributed by atoms with E-state index in [4.69, 9.17) is 28.0 Å². The molecule has 0 aliphatic heterocycles. The summed E-state index contributed by atoms with van der Waals surface area (Å²) in [7, 11) is 1.67. The predicted molar refractivity (Wildman–Crippen MR) is 55.6 cm³/mol. The Balaban J connectivity index is -0.0000000356. The zero-order valence-electron chi connectivity index (χ0n) is 10.4. The van der Waals surface area contributed by atoms with Crippen LogP contribution in [0.1, 0.15) is 13.3 Å².